The van der Waals surface area contributed by atoms with E-state index >= 15 is 0 Å². The topological polar surface area (TPSA) is 120 Å². The number of hydrogen-bond donors (Lipinski definition) is 1. The maximum atomic E-state index is 12.2. The van der Waals surface area contributed by atoms with E-state index in [2.05, 4.69) is 9.71 Å². The van der Waals surface area contributed by atoms with Gasteiger partial charge in [0, 0.05) is 24.1 Å². The van der Waals surface area contributed by atoms with E-state index in [-0.39, 0.29) is 42.9 Å². The molecule has 0 spiro atoms. The Morgan fingerprint density at radius 1 is 1.10 bits per heavy atom. The molecule has 0 amide bonds. The number of ether oxygens (including phenoxy) is 3. The van der Waals surface area contributed by atoms with E-state index in [0.717, 1.165) is 0 Å². The molecule has 156 valence electrons. The summed E-state index contributed by atoms with van der Waals surface area (Å²) < 4.78 is 41.9. The van der Waals surface area contributed by atoms with Crippen LogP contribution >= 0.6 is 0 Å². The Bertz CT molecular complexity index is 1140. The van der Waals surface area contributed by atoms with Gasteiger partial charge in [-0.15, -0.1) is 0 Å². The third kappa shape index (κ3) is 4.13. The first kappa shape index (κ1) is 19.9. The molecule has 0 unspecified atom stereocenters. The molecule has 0 aromatic heterocycles. The number of fused-ring (bicyclic) bond motifs is 2. The fourth-order valence-electron chi connectivity index (χ4n) is 3.04. The lowest BCUT2D eigenvalue weighted by molar-refractivity contribution is -0.142. The van der Waals surface area contributed by atoms with E-state index in [1.54, 1.807) is 36.4 Å². The van der Waals surface area contributed by atoms with Gasteiger partial charge < -0.3 is 14.2 Å². The SMILES string of the molecule is O=C(CCCN=C1NS(=O)(=O)c2ccccc21)OCC(=O)c1ccc2c(c1)OCO2. The van der Waals surface area contributed by atoms with E-state index < -0.39 is 16.0 Å². The summed E-state index contributed by atoms with van der Waals surface area (Å²) in [5, 5.41) is 0. The summed E-state index contributed by atoms with van der Waals surface area (Å²) in [7, 11) is -3.58. The van der Waals surface area contributed by atoms with Crippen LogP contribution in [0.25, 0.3) is 0 Å². The fourth-order valence-corrected chi connectivity index (χ4v) is 4.29. The predicted octanol–water partition coefficient (Wildman–Crippen LogP) is 1.66. The minimum absolute atomic E-state index is 0.0552. The number of benzene rings is 2. The second-order valence-corrected chi connectivity index (χ2v) is 8.24. The number of ketones is 1. The van der Waals surface area contributed by atoms with Crippen molar-refractivity contribution in [2.75, 3.05) is 19.9 Å². The molecule has 0 aliphatic carbocycles. The average Bonchev–Trinajstić information content (AvgIpc) is 3.31. The van der Waals surface area contributed by atoms with E-state index in [1.807, 2.05) is 0 Å². The lowest BCUT2D eigenvalue weighted by Crippen LogP contribution is -2.22. The molecule has 0 fully saturated rings. The molecule has 0 saturated heterocycles. The summed E-state index contributed by atoms with van der Waals surface area (Å²) in [5.74, 6) is 0.431. The number of nitrogens with zero attached hydrogens (tertiary/aromatic N) is 1. The minimum atomic E-state index is -3.58. The maximum Gasteiger partial charge on any atom is 0.306 e. The Morgan fingerprint density at radius 3 is 2.77 bits per heavy atom. The molecular weight excluding hydrogens is 412 g/mol. The molecule has 0 bridgehead atoms. The molecule has 2 heterocycles. The van der Waals surface area contributed by atoms with Crippen molar-refractivity contribution in [2.24, 2.45) is 4.99 Å². The quantitative estimate of drug-likeness (QED) is 0.403. The van der Waals surface area contributed by atoms with Gasteiger partial charge in [-0.25, -0.2) is 8.42 Å². The zero-order valence-electron chi connectivity index (χ0n) is 15.8. The highest BCUT2D eigenvalue weighted by Gasteiger charge is 2.29. The van der Waals surface area contributed by atoms with Crippen molar-refractivity contribution < 1.29 is 32.2 Å². The van der Waals surface area contributed by atoms with Gasteiger partial charge in [0.1, 0.15) is 5.84 Å². The van der Waals surface area contributed by atoms with E-state index in [1.165, 1.54) is 6.07 Å². The zero-order chi connectivity index (χ0) is 21.1. The first-order chi connectivity index (χ1) is 14.4. The summed E-state index contributed by atoms with van der Waals surface area (Å²) in [6, 6.07) is 11.3. The maximum absolute atomic E-state index is 12.2. The number of carbonyl (C=O) groups is 2. The van der Waals surface area contributed by atoms with Gasteiger partial charge in [0.05, 0.1) is 4.90 Å². The highest BCUT2D eigenvalue weighted by Crippen LogP contribution is 2.32. The molecule has 2 aliphatic heterocycles. The predicted molar refractivity (Wildman–Crippen MR) is 105 cm³/mol. The number of hydrogen-bond acceptors (Lipinski definition) is 8. The second kappa shape index (κ2) is 8.15. The molecule has 0 saturated carbocycles. The highest BCUT2D eigenvalue weighted by molar-refractivity contribution is 7.90. The summed E-state index contributed by atoms with van der Waals surface area (Å²) in [4.78, 5) is 28.5. The first-order valence-electron chi connectivity index (χ1n) is 9.19. The fraction of sp³-hybridized carbons (Fsp3) is 0.250. The monoisotopic (exact) mass is 430 g/mol. The molecule has 10 heteroatoms. The Kier molecular flexibility index (Phi) is 5.40. The standard InChI is InChI=1S/C20H18N2O7S/c23-15(13-7-8-16-17(10-13)29-12-28-16)11-27-19(24)6-3-9-21-20-14-4-1-2-5-18(14)30(25,26)22-20/h1-2,4-5,7-8,10H,3,6,9,11-12H2,(H,21,22). The molecule has 2 aromatic carbocycles. The van der Waals surface area contributed by atoms with E-state index in [0.29, 0.717) is 29.0 Å². The van der Waals surface area contributed by atoms with Crippen LogP contribution in [0.4, 0.5) is 0 Å². The minimum Gasteiger partial charge on any atom is -0.457 e. The molecule has 0 radical (unpaired) electrons. The number of carbonyl (C=O) groups excluding carboxylic acids is 2. The summed E-state index contributed by atoms with van der Waals surface area (Å²) in [5.41, 5.74) is 0.875. The second-order valence-electron chi connectivity index (χ2n) is 6.59. The van der Waals surface area contributed by atoms with Crippen LogP contribution in [-0.2, 0) is 19.6 Å². The summed E-state index contributed by atoms with van der Waals surface area (Å²) in [6.07, 6.45) is 0.407. The number of rotatable bonds is 7. The van der Waals surface area contributed by atoms with Gasteiger partial charge in [-0.1, -0.05) is 12.1 Å². The van der Waals surface area contributed by atoms with Gasteiger partial charge in [0.25, 0.3) is 10.0 Å². The van der Waals surface area contributed by atoms with Gasteiger partial charge in [-0.2, -0.15) is 0 Å². The zero-order valence-corrected chi connectivity index (χ0v) is 16.6. The lowest BCUT2D eigenvalue weighted by Gasteiger charge is -2.05. The van der Waals surface area contributed by atoms with Crippen LogP contribution in [0.2, 0.25) is 0 Å². The molecule has 0 atom stereocenters. The molecule has 30 heavy (non-hydrogen) atoms. The number of sulfonamides is 1. The normalized spacial score (nSPS) is 16.7. The van der Waals surface area contributed by atoms with E-state index in [4.69, 9.17) is 14.2 Å². The molecule has 2 aliphatic rings. The van der Waals surface area contributed by atoms with Crippen LogP contribution in [0.3, 0.4) is 0 Å². The van der Waals surface area contributed by atoms with Gasteiger partial charge in [0.15, 0.2) is 23.9 Å². The smallest absolute Gasteiger partial charge is 0.306 e. The van der Waals surface area contributed by atoms with Crippen molar-refractivity contribution in [1.29, 1.82) is 0 Å². The van der Waals surface area contributed by atoms with Gasteiger partial charge in [-0.05, 0) is 36.8 Å². The van der Waals surface area contributed by atoms with Gasteiger partial charge in [0.2, 0.25) is 6.79 Å². The lowest BCUT2D eigenvalue weighted by atomic mass is 10.1. The van der Waals surface area contributed by atoms with Crippen molar-refractivity contribution in [3.8, 4) is 11.5 Å². The van der Waals surface area contributed by atoms with E-state index in [9.17, 15) is 18.0 Å². The molecule has 9 nitrogen and oxygen atoms in total. The van der Waals surface area contributed by atoms with Crippen LogP contribution in [-0.4, -0.2) is 46.0 Å². The Labute approximate surface area is 172 Å². The number of Topliss-reactive ketones (excluding diaryl/α,β-unsaturated/α-hetero) is 1. The Morgan fingerprint density at radius 2 is 1.90 bits per heavy atom. The van der Waals surface area contributed by atoms with Crippen LogP contribution < -0.4 is 14.2 Å². The summed E-state index contributed by atoms with van der Waals surface area (Å²) >= 11 is 0. The van der Waals surface area contributed by atoms with Crippen molar-refractivity contribution in [3.63, 3.8) is 0 Å². The molecular formula is C20H18N2O7S. The van der Waals surface area contributed by atoms with Crippen molar-refractivity contribution in [1.82, 2.24) is 4.72 Å². The third-order valence-electron chi connectivity index (χ3n) is 4.53. The summed E-state index contributed by atoms with van der Waals surface area (Å²) in [6.45, 7) is -0.0310. The van der Waals surface area contributed by atoms with Gasteiger partial charge >= 0.3 is 5.97 Å². The molecule has 1 N–H and O–H groups in total. The van der Waals surface area contributed by atoms with Crippen molar-refractivity contribution in [2.45, 2.75) is 17.7 Å². The van der Waals surface area contributed by atoms with Crippen LogP contribution in [0.1, 0.15) is 28.8 Å². The highest BCUT2D eigenvalue weighted by atomic mass is 32.2. The first-order valence-corrected chi connectivity index (χ1v) is 10.7. The number of aliphatic imine (C=N–C) groups is 1. The number of amidine groups is 1. The number of nitrogens with one attached hydrogen (secondary N) is 1. The number of esters is 1. The molecule has 2 aromatic rings. The van der Waals surface area contributed by atoms with Crippen LogP contribution in [0.5, 0.6) is 11.5 Å². The Balaban J connectivity index is 1.24. The Hall–Kier alpha value is -3.40. The van der Waals surface area contributed by atoms with Gasteiger partial charge in [-0.3, -0.25) is 19.3 Å². The molecule has 4 rings (SSSR count). The third-order valence-corrected chi connectivity index (χ3v) is 5.93. The van der Waals surface area contributed by atoms with Crippen molar-refractivity contribution in [3.05, 3.63) is 53.6 Å². The van der Waals surface area contributed by atoms with Crippen molar-refractivity contribution >= 4 is 27.6 Å². The van der Waals surface area contributed by atoms with Crippen LogP contribution in [0, 0.1) is 0 Å². The largest absolute Gasteiger partial charge is 0.457 e. The average molecular weight is 430 g/mol. The van der Waals surface area contributed by atoms with Crippen LogP contribution in [0.15, 0.2) is 52.4 Å².